The summed E-state index contributed by atoms with van der Waals surface area (Å²) in [6, 6.07) is 8.47. The smallest absolute Gasteiger partial charge is 0.267 e. The van der Waals surface area contributed by atoms with Crippen molar-refractivity contribution in [3.05, 3.63) is 70.3 Å². The molecule has 6 heteroatoms. The van der Waals surface area contributed by atoms with E-state index in [0.717, 1.165) is 28.3 Å². The highest BCUT2D eigenvalue weighted by Crippen LogP contribution is 2.19. The number of hydrogen-bond donors (Lipinski definition) is 1. The van der Waals surface area contributed by atoms with Crippen molar-refractivity contribution in [3.63, 3.8) is 0 Å². The van der Waals surface area contributed by atoms with Gasteiger partial charge in [-0.1, -0.05) is 23.3 Å². The number of nitrogens with zero attached hydrogens (tertiary/aromatic N) is 1. The van der Waals surface area contributed by atoms with Gasteiger partial charge in [-0.2, -0.15) is 0 Å². The molecule has 0 aliphatic heterocycles. The number of hydrazine groups is 1. The Hall–Kier alpha value is -2.76. The maximum atomic E-state index is 13.9. The second kappa shape index (κ2) is 7.23. The summed E-state index contributed by atoms with van der Waals surface area (Å²) >= 11 is 0. The van der Waals surface area contributed by atoms with Gasteiger partial charge in [0.2, 0.25) is 0 Å². The van der Waals surface area contributed by atoms with Crippen LogP contribution in [0.5, 0.6) is 0 Å². The molecule has 0 atom stereocenters. The summed E-state index contributed by atoms with van der Waals surface area (Å²) in [5.74, 6) is -3.46. The normalized spacial score (nSPS) is 11.2. The van der Waals surface area contributed by atoms with Gasteiger partial charge in [-0.15, -0.1) is 0 Å². The van der Waals surface area contributed by atoms with Crippen LogP contribution in [-0.2, 0) is 0 Å². The Morgan fingerprint density at radius 3 is 1.92 bits per heavy atom. The van der Waals surface area contributed by atoms with Gasteiger partial charge in [0.1, 0.15) is 17.2 Å². The first-order chi connectivity index (χ1) is 12.0. The Labute approximate surface area is 151 Å². The quantitative estimate of drug-likeness (QED) is 0.818. The molecule has 26 heavy (non-hydrogen) atoms. The van der Waals surface area contributed by atoms with Gasteiger partial charge in [-0.3, -0.25) is 15.0 Å². The maximum Gasteiger partial charge on any atom is 0.275 e. The van der Waals surface area contributed by atoms with E-state index in [1.54, 1.807) is 32.9 Å². The van der Waals surface area contributed by atoms with Crippen LogP contribution in [0, 0.1) is 25.5 Å². The molecule has 2 amide bonds. The number of rotatable bonds is 2. The third-order valence-corrected chi connectivity index (χ3v) is 3.75. The molecule has 0 saturated carbocycles. The second-order valence-electron chi connectivity index (χ2n) is 7.23. The molecule has 1 N–H and O–H groups in total. The van der Waals surface area contributed by atoms with Crippen LogP contribution in [0.1, 0.15) is 52.6 Å². The number of benzene rings is 2. The molecule has 0 aromatic heterocycles. The van der Waals surface area contributed by atoms with Crippen LogP contribution in [0.3, 0.4) is 0 Å². The fourth-order valence-electron chi connectivity index (χ4n) is 2.62. The highest BCUT2D eigenvalue weighted by Gasteiger charge is 2.31. The molecule has 2 aromatic rings. The second-order valence-corrected chi connectivity index (χ2v) is 7.23. The Balaban J connectivity index is 2.40. The molecule has 0 fully saturated rings. The van der Waals surface area contributed by atoms with E-state index in [1.165, 1.54) is 6.07 Å². The summed E-state index contributed by atoms with van der Waals surface area (Å²) in [7, 11) is 0. The van der Waals surface area contributed by atoms with Crippen molar-refractivity contribution in [1.29, 1.82) is 0 Å². The highest BCUT2D eigenvalue weighted by atomic mass is 19.1. The van der Waals surface area contributed by atoms with E-state index < -0.39 is 34.6 Å². The molecule has 0 radical (unpaired) electrons. The molecule has 0 aliphatic carbocycles. The lowest BCUT2D eigenvalue weighted by Crippen LogP contribution is -2.56. The zero-order valence-corrected chi connectivity index (χ0v) is 15.5. The molecule has 0 bridgehead atoms. The zero-order chi connectivity index (χ0) is 19.6. The minimum atomic E-state index is -1.02. The standard InChI is InChI=1S/C20H22F2N2O2/c1-12-9-13(2)11-14(10-12)19(26)24(20(3,4)5)23-18(25)17-15(21)7-6-8-16(17)22/h6-11H,1-5H3,(H,23,25). The molecule has 2 aromatic carbocycles. The summed E-state index contributed by atoms with van der Waals surface area (Å²) < 4.78 is 27.7. The van der Waals surface area contributed by atoms with E-state index >= 15 is 0 Å². The number of nitrogens with one attached hydrogen (secondary N) is 1. The number of hydrogen-bond acceptors (Lipinski definition) is 2. The fourth-order valence-corrected chi connectivity index (χ4v) is 2.62. The average Bonchev–Trinajstić information content (AvgIpc) is 2.49. The Kier molecular flexibility index (Phi) is 5.44. The molecule has 0 aliphatic rings. The summed E-state index contributed by atoms with van der Waals surface area (Å²) in [5, 5.41) is 1.09. The van der Waals surface area contributed by atoms with Gasteiger partial charge in [-0.05, 0) is 58.9 Å². The minimum Gasteiger partial charge on any atom is -0.267 e. The lowest BCUT2D eigenvalue weighted by atomic mass is 10.0. The summed E-state index contributed by atoms with van der Waals surface area (Å²) in [6.45, 7) is 8.86. The van der Waals surface area contributed by atoms with E-state index in [2.05, 4.69) is 5.43 Å². The van der Waals surface area contributed by atoms with Crippen LogP contribution in [0.15, 0.2) is 36.4 Å². The first kappa shape index (κ1) is 19.6. The predicted octanol–water partition coefficient (Wildman–Crippen LogP) is 4.17. The van der Waals surface area contributed by atoms with Crippen LogP contribution >= 0.6 is 0 Å². The van der Waals surface area contributed by atoms with E-state index in [-0.39, 0.29) is 0 Å². The first-order valence-electron chi connectivity index (χ1n) is 8.18. The molecule has 4 nitrogen and oxygen atoms in total. The van der Waals surface area contributed by atoms with Crippen molar-refractivity contribution in [3.8, 4) is 0 Å². The van der Waals surface area contributed by atoms with Gasteiger partial charge >= 0.3 is 0 Å². The largest absolute Gasteiger partial charge is 0.275 e. The Morgan fingerprint density at radius 2 is 1.46 bits per heavy atom. The summed E-state index contributed by atoms with van der Waals surface area (Å²) in [5.41, 5.74) is 2.99. The van der Waals surface area contributed by atoms with E-state index in [1.807, 2.05) is 19.9 Å². The molecule has 0 spiro atoms. The SMILES string of the molecule is Cc1cc(C)cc(C(=O)N(NC(=O)c2c(F)cccc2F)C(C)(C)C)c1. The molecule has 138 valence electrons. The maximum absolute atomic E-state index is 13.9. The van der Waals surface area contributed by atoms with E-state index in [0.29, 0.717) is 5.56 Å². The first-order valence-corrected chi connectivity index (χ1v) is 8.18. The van der Waals surface area contributed by atoms with Gasteiger partial charge in [-0.25, -0.2) is 13.8 Å². The third-order valence-electron chi connectivity index (χ3n) is 3.75. The Bertz CT molecular complexity index is 817. The number of aryl methyl sites for hydroxylation is 2. The van der Waals surface area contributed by atoms with Crippen LogP contribution in [0.25, 0.3) is 0 Å². The molecule has 0 heterocycles. The molecule has 2 rings (SSSR count). The van der Waals surface area contributed by atoms with Crippen molar-refractivity contribution < 1.29 is 18.4 Å². The number of halogens is 2. The minimum absolute atomic E-state index is 0.381. The van der Waals surface area contributed by atoms with Crippen LogP contribution < -0.4 is 5.43 Å². The molecule has 0 saturated heterocycles. The van der Waals surface area contributed by atoms with Crippen LogP contribution in [-0.4, -0.2) is 22.4 Å². The van der Waals surface area contributed by atoms with Gasteiger partial charge in [0.05, 0.1) is 5.54 Å². The van der Waals surface area contributed by atoms with Gasteiger partial charge in [0.15, 0.2) is 0 Å². The van der Waals surface area contributed by atoms with Crippen molar-refractivity contribution in [1.82, 2.24) is 10.4 Å². The van der Waals surface area contributed by atoms with Gasteiger partial charge < -0.3 is 0 Å². The van der Waals surface area contributed by atoms with Crippen molar-refractivity contribution in [2.75, 3.05) is 0 Å². The fraction of sp³-hybridized carbons (Fsp3) is 0.300. The molecular formula is C20H22F2N2O2. The summed E-state index contributed by atoms with van der Waals surface area (Å²) in [6.07, 6.45) is 0. The summed E-state index contributed by atoms with van der Waals surface area (Å²) in [4.78, 5) is 25.4. The monoisotopic (exact) mass is 360 g/mol. The third kappa shape index (κ3) is 4.25. The Morgan fingerprint density at radius 1 is 0.962 bits per heavy atom. The zero-order valence-electron chi connectivity index (χ0n) is 15.5. The van der Waals surface area contributed by atoms with Crippen molar-refractivity contribution in [2.45, 2.75) is 40.2 Å². The molecule has 0 unspecified atom stereocenters. The lowest BCUT2D eigenvalue weighted by Gasteiger charge is -2.35. The average molecular weight is 360 g/mol. The van der Waals surface area contributed by atoms with Crippen LogP contribution in [0.2, 0.25) is 0 Å². The predicted molar refractivity (Wildman–Crippen MR) is 95.7 cm³/mol. The topological polar surface area (TPSA) is 49.4 Å². The lowest BCUT2D eigenvalue weighted by molar-refractivity contribution is 0.0355. The van der Waals surface area contributed by atoms with E-state index in [4.69, 9.17) is 0 Å². The van der Waals surface area contributed by atoms with E-state index in [9.17, 15) is 18.4 Å². The number of amides is 2. The van der Waals surface area contributed by atoms with Crippen molar-refractivity contribution in [2.24, 2.45) is 0 Å². The number of carbonyl (C=O) groups is 2. The van der Waals surface area contributed by atoms with Crippen LogP contribution in [0.4, 0.5) is 8.78 Å². The molecular weight excluding hydrogens is 338 g/mol. The number of carbonyl (C=O) groups excluding carboxylic acids is 2. The van der Waals surface area contributed by atoms with Crippen molar-refractivity contribution >= 4 is 11.8 Å². The van der Waals surface area contributed by atoms with Gasteiger partial charge in [0.25, 0.3) is 11.8 Å². The van der Waals surface area contributed by atoms with Gasteiger partial charge in [0, 0.05) is 5.56 Å². The highest BCUT2D eigenvalue weighted by molar-refractivity contribution is 5.99.